The van der Waals surface area contributed by atoms with Crippen molar-refractivity contribution in [3.63, 3.8) is 0 Å². The number of hydrogen-bond donors (Lipinski definition) is 0. The van der Waals surface area contributed by atoms with Crippen LogP contribution in [-0.4, -0.2) is 30.1 Å². The lowest BCUT2D eigenvalue weighted by Crippen LogP contribution is -2.49. The zero-order valence-corrected chi connectivity index (χ0v) is 18.0. The van der Waals surface area contributed by atoms with E-state index < -0.39 is 27.4 Å². The Morgan fingerprint density at radius 2 is 1.48 bits per heavy atom. The summed E-state index contributed by atoms with van der Waals surface area (Å²) in [5.41, 5.74) is 0.322. The third kappa shape index (κ3) is 5.12. The van der Waals surface area contributed by atoms with Gasteiger partial charge in [0.1, 0.15) is 5.75 Å². The molecule has 2 aromatic rings. The summed E-state index contributed by atoms with van der Waals surface area (Å²) in [6.07, 6.45) is 0. The number of rotatable bonds is 5. The Bertz CT molecular complexity index is 1030. The van der Waals surface area contributed by atoms with Crippen LogP contribution in [-0.2, 0) is 14.8 Å². The molecule has 0 aliphatic heterocycles. The maximum Gasteiger partial charge on any atom is 0.338 e. The zero-order valence-electron chi connectivity index (χ0n) is 17.2. The molecule has 0 bridgehead atoms. The molecule has 1 amide bonds. The second-order valence-electron chi connectivity index (χ2n) is 7.75. The molecular weight excluding hydrogens is 390 g/mol. The number of esters is 1. The van der Waals surface area contributed by atoms with Gasteiger partial charge in [0.25, 0.3) is 15.9 Å². The highest BCUT2D eigenvalue weighted by Crippen LogP contribution is 2.27. The lowest BCUT2D eigenvalue weighted by molar-refractivity contribution is -0.130. The molecule has 6 nitrogen and oxygen atoms in total. The number of benzene rings is 2. The number of carbonyl (C=O) groups is 2. The first-order valence-electron chi connectivity index (χ1n) is 8.98. The number of nitrogens with zero attached hydrogens (tertiary/aromatic N) is 1. The highest BCUT2D eigenvalue weighted by molar-refractivity contribution is 7.89. The number of carbonyl (C=O) groups excluding carboxylic acids is 2. The Labute approximate surface area is 171 Å². The molecule has 0 N–H and O–H groups in total. The van der Waals surface area contributed by atoms with Gasteiger partial charge in [0.05, 0.1) is 10.4 Å². The van der Waals surface area contributed by atoms with Gasteiger partial charge < -0.3 is 4.74 Å². The van der Waals surface area contributed by atoms with E-state index in [0.717, 1.165) is 9.87 Å². The smallest absolute Gasteiger partial charge is 0.338 e. The van der Waals surface area contributed by atoms with Crippen LogP contribution in [0.3, 0.4) is 0 Å². The van der Waals surface area contributed by atoms with Crippen molar-refractivity contribution in [2.75, 3.05) is 0 Å². The summed E-state index contributed by atoms with van der Waals surface area (Å²) in [6, 6.07) is 12.1. The van der Waals surface area contributed by atoms with Crippen LogP contribution in [0.4, 0.5) is 0 Å². The average molecular weight is 416 g/mol. The number of sulfonamides is 1. The quantitative estimate of drug-likeness (QED) is 0.417. The Morgan fingerprint density at radius 3 is 1.93 bits per heavy atom. The normalized spacial score (nSPS) is 11.6. The van der Waals surface area contributed by atoms with Gasteiger partial charge in [0, 0.05) is 11.1 Å². The summed E-state index contributed by atoms with van der Waals surface area (Å²) in [7, 11) is -4.08. The first-order chi connectivity index (χ1) is 13.3. The fourth-order valence-electron chi connectivity index (χ4n) is 2.57. The molecule has 0 aliphatic rings. The van der Waals surface area contributed by atoms with E-state index in [-0.39, 0.29) is 21.8 Å². The van der Waals surface area contributed by atoms with Crippen LogP contribution in [0.1, 0.15) is 43.6 Å². The lowest BCUT2D eigenvalue weighted by atomic mass is 10.1. The number of aryl methyl sites for hydroxylation is 1. The predicted octanol–water partition coefficient (Wildman–Crippen LogP) is 4.11. The molecule has 2 aromatic carbocycles. The van der Waals surface area contributed by atoms with Crippen LogP contribution in [0.5, 0.6) is 5.75 Å². The van der Waals surface area contributed by atoms with Crippen LogP contribution in [0.2, 0.25) is 0 Å². The SMILES string of the molecule is C=C(C)C(=O)Oc1ccc(C(=O)N(C(C)(C)C)S(=O)(=O)c2ccc(C)cc2)cc1. The average Bonchev–Trinajstić information content (AvgIpc) is 2.61. The van der Waals surface area contributed by atoms with Crippen molar-refractivity contribution in [3.8, 4) is 5.75 Å². The van der Waals surface area contributed by atoms with Gasteiger partial charge in [0.2, 0.25) is 0 Å². The second kappa shape index (κ2) is 8.21. The van der Waals surface area contributed by atoms with E-state index in [1.165, 1.54) is 43.3 Å². The Balaban J connectivity index is 2.41. The van der Waals surface area contributed by atoms with E-state index in [4.69, 9.17) is 4.74 Å². The molecule has 0 saturated carbocycles. The van der Waals surface area contributed by atoms with Crippen molar-refractivity contribution in [2.45, 2.75) is 45.1 Å². The Kier molecular flexibility index (Phi) is 6.33. The van der Waals surface area contributed by atoms with E-state index in [9.17, 15) is 18.0 Å². The van der Waals surface area contributed by atoms with E-state index >= 15 is 0 Å². The molecule has 0 aromatic heterocycles. The first kappa shape index (κ1) is 22.4. The first-order valence-corrected chi connectivity index (χ1v) is 10.4. The van der Waals surface area contributed by atoms with Crippen LogP contribution >= 0.6 is 0 Å². The van der Waals surface area contributed by atoms with Gasteiger partial charge in [0.15, 0.2) is 0 Å². The van der Waals surface area contributed by atoms with Crippen LogP contribution < -0.4 is 4.74 Å². The van der Waals surface area contributed by atoms with Gasteiger partial charge in [-0.15, -0.1) is 0 Å². The third-order valence-electron chi connectivity index (χ3n) is 4.01. The fourth-order valence-corrected chi connectivity index (χ4v) is 4.30. The molecule has 0 fully saturated rings. The standard InChI is InChI=1S/C22H25NO5S/c1-15(2)21(25)28-18-11-9-17(10-12-18)20(24)23(22(4,5)6)29(26,27)19-13-7-16(3)8-14-19/h7-14H,1H2,2-6H3. The molecule has 2 rings (SSSR count). The van der Waals surface area contributed by atoms with Crippen LogP contribution in [0, 0.1) is 6.92 Å². The molecule has 0 aliphatic carbocycles. The van der Waals surface area contributed by atoms with Gasteiger partial charge in [-0.25, -0.2) is 17.5 Å². The molecule has 0 heterocycles. The summed E-state index contributed by atoms with van der Waals surface area (Å²) in [6.45, 7) is 11.8. The van der Waals surface area contributed by atoms with Gasteiger partial charge >= 0.3 is 5.97 Å². The highest BCUT2D eigenvalue weighted by Gasteiger charge is 2.38. The minimum absolute atomic E-state index is 0.0402. The molecule has 154 valence electrons. The number of amides is 1. The minimum Gasteiger partial charge on any atom is -0.423 e. The molecule has 0 unspecified atom stereocenters. The lowest BCUT2D eigenvalue weighted by Gasteiger charge is -2.34. The summed E-state index contributed by atoms with van der Waals surface area (Å²) >= 11 is 0. The predicted molar refractivity (Wildman–Crippen MR) is 111 cm³/mol. The van der Waals surface area contributed by atoms with E-state index in [1.54, 1.807) is 32.9 Å². The van der Waals surface area contributed by atoms with E-state index in [1.807, 2.05) is 6.92 Å². The van der Waals surface area contributed by atoms with Crippen LogP contribution in [0.25, 0.3) is 0 Å². The monoisotopic (exact) mass is 415 g/mol. The summed E-state index contributed by atoms with van der Waals surface area (Å²) in [5, 5.41) is 0. The molecule has 0 atom stereocenters. The van der Waals surface area contributed by atoms with E-state index in [0.29, 0.717) is 0 Å². The summed E-state index contributed by atoms with van der Waals surface area (Å²) in [4.78, 5) is 24.8. The molecule has 0 spiro atoms. The van der Waals surface area contributed by atoms with Gasteiger partial charge in [-0.05, 0) is 71.0 Å². The highest BCUT2D eigenvalue weighted by atomic mass is 32.2. The summed E-state index contributed by atoms with van der Waals surface area (Å²) in [5.74, 6) is -1.02. The van der Waals surface area contributed by atoms with Crippen LogP contribution in [0.15, 0.2) is 65.6 Å². The Hall–Kier alpha value is -2.93. The summed E-state index contributed by atoms with van der Waals surface area (Å²) < 4.78 is 32.4. The fraction of sp³-hybridized carbons (Fsp3) is 0.273. The number of ether oxygens (including phenoxy) is 1. The Morgan fingerprint density at radius 1 is 0.966 bits per heavy atom. The zero-order chi connectivity index (χ0) is 22.0. The molecular formula is C22H25NO5S. The van der Waals surface area contributed by atoms with Crippen molar-refractivity contribution >= 4 is 21.9 Å². The second-order valence-corrected chi connectivity index (χ2v) is 9.54. The number of hydrogen-bond acceptors (Lipinski definition) is 5. The molecule has 0 radical (unpaired) electrons. The van der Waals surface area contributed by atoms with E-state index in [2.05, 4.69) is 6.58 Å². The topological polar surface area (TPSA) is 80.8 Å². The maximum absolute atomic E-state index is 13.2. The van der Waals surface area contributed by atoms with Gasteiger partial charge in [-0.2, -0.15) is 0 Å². The van der Waals surface area contributed by atoms with Crippen molar-refractivity contribution in [3.05, 3.63) is 71.8 Å². The van der Waals surface area contributed by atoms with Gasteiger partial charge in [-0.3, -0.25) is 4.79 Å². The maximum atomic E-state index is 13.2. The molecule has 29 heavy (non-hydrogen) atoms. The minimum atomic E-state index is -4.08. The van der Waals surface area contributed by atoms with Crippen molar-refractivity contribution in [1.29, 1.82) is 0 Å². The molecule has 0 saturated heterocycles. The third-order valence-corrected chi connectivity index (χ3v) is 6.08. The molecule has 7 heteroatoms. The largest absolute Gasteiger partial charge is 0.423 e. The van der Waals surface area contributed by atoms with Crippen molar-refractivity contribution < 1.29 is 22.7 Å². The van der Waals surface area contributed by atoms with Crippen molar-refractivity contribution in [1.82, 2.24) is 4.31 Å². The van der Waals surface area contributed by atoms with Gasteiger partial charge in [-0.1, -0.05) is 24.3 Å². The van der Waals surface area contributed by atoms with Crippen molar-refractivity contribution in [2.24, 2.45) is 0 Å².